The molecule has 4 heteroatoms. The van der Waals surface area contributed by atoms with Crippen molar-refractivity contribution < 1.29 is 8.42 Å². The Bertz CT molecular complexity index is 256. The highest BCUT2D eigenvalue weighted by atomic mass is 32.2. The Labute approximate surface area is 73.8 Å². The van der Waals surface area contributed by atoms with Crippen LogP contribution >= 0.6 is 0 Å². The van der Waals surface area contributed by atoms with Crippen LogP contribution in [-0.4, -0.2) is 26.6 Å². The van der Waals surface area contributed by atoms with E-state index in [9.17, 15) is 8.42 Å². The van der Waals surface area contributed by atoms with Crippen LogP contribution in [0, 0.1) is 0 Å². The molecule has 3 nitrogen and oxygen atoms in total. The van der Waals surface area contributed by atoms with Gasteiger partial charge in [0, 0.05) is 0 Å². The van der Waals surface area contributed by atoms with Crippen LogP contribution in [0.2, 0.25) is 0 Å². The van der Waals surface area contributed by atoms with Gasteiger partial charge in [0.2, 0.25) is 0 Å². The third-order valence-corrected chi connectivity index (χ3v) is 4.21. The molecule has 70 valence electrons. The predicted octanol–water partition coefficient (Wildman–Crippen LogP) is 0.687. The topological polar surface area (TPSA) is 46.2 Å². The van der Waals surface area contributed by atoms with Crippen molar-refractivity contribution in [2.45, 2.75) is 24.5 Å². The number of hydrogen-bond acceptors (Lipinski definition) is 3. The molecule has 0 aromatic heterocycles. The van der Waals surface area contributed by atoms with Crippen molar-refractivity contribution >= 4 is 9.84 Å². The summed E-state index contributed by atoms with van der Waals surface area (Å²) in [6.45, 7) is 0. The molecule has 0 aromatic rings. The molecule has 0 radical (unpaired) electrons. The number of rotatable bonds is 3. The minimum Gasteiger partial charge on any atom is -0.307 e. The van der Waals surface area contributed by atoms with Gasteiger partial charge < -0.3 is 5.32 Å². The summed E-state index contributed by atoms with van der Waals surface area (Å²) in [5.41, 5.74) is 0. The average Bonchev–Trinajstić information content (AvgIpc) is 2.06. The summed E-state index contributed by atoms with van der Waals surface area (Å²) < 4.78 is 23.0. The van der Waals surface area contributed by atoms with Crippen LogP contribution in [-0.2, 0) is 9.84 Å². The monoisotopic (exact) mass is 189 g/mol. The van der Waals surface area contributed by atoms with Gasteiger partial charge >= 0.3 is 0 Å². The van der Waals surface area contributed by atoms with E-state index in [4.69, 9.17) is 0 Å². The number of sulfone groups is 1. The predicted molar refractivity (Wildman–Crippen MR) is 49.6 cm³/mol. The van der Waals surface area contributed by atoms with E-state index in [1.807, 2.05) is 12.2 Å². The Morgan fingerprint density at radius 1 is 1.50 bits per heavy atom. The first-order chi connectivity index (χ1) is 5.67. The summed E-state index contributed by atoms with van der Waals surface area (Å²) in [6, 6.07) is 0. The zero-order valence-corrected chi connectivity index (χ0v) is 8.10. The molecule has 0 heterocycles. The van der Waals surface area contributed by atoms with Gasteiger partial charge in [0.15, 0.2) is 9.84 Å². The lowest BCUT2D eigenvalue weighted by molar-refractivity contribution is 0.564. The largest absolute Gasteiger partial charge is 0.307 e. The van der Waals surface area contributed by atoms with Gasteiger partial charge in [-0.05, 0) is 26.3 Å². The van der Waals surface area contributed by atoms with Gasteiger partial charge in [0.1, 0.15) is 0 Å². The second kappa shape index (κ2) is 4.05. The van der Waals surface area contributed by atoms with Crippen molar-refractivity contribution in [2.75, 3.05) is 12.9 Å². The van der Waals surface area contributed by atoms with Crippen LogP contribution in [0.3, 0.4) is 0 Å². The highest BCUT2D eigenvalue weighted by Crippen LogP contribution is 2.18. The molecule has 12 heavy (non-hydrogen) atoms. The number of nitrogens with one attached hydrogen (secondary N) is 1. The van der Waals surface area contributed by atoms with Gasteiger partial charge in [-0.15, -0.1) is 0 Å². The quantitative estimate of drug-likeness (QED) is 0.664. The van der Waals surface area contributed by atoms with Crippen LogP contribution in [0.4, 0.5) is 0 Å². The molecule has 1 atom stereocenters. The first kappa shape index (κ1) is 9.74. The molecule has 1 aliphatic carbocycles. The highest BCUT2D eigenvalue weighted by Gasteiger charge is 2.24. The molecule has 0 saturated carbocycles. The minimum atomic E-state index is -2.90. The fourth-order valence-electron chi connectivity index (χ4n) is 1.41. The summed E-state index contributed by atoms with van der Waals surface area (Å²) in [5.74, 6) is 0.103. The molecule has 0 amide bonds. The molecule has 0 fully saturated rings. The maximum atomic E-state index is 11.5. The van der Waals surface area contributed by atoms with Crippen LogP contribution in [0.25, 0.3) is 0 Å². The smallest absolute Gasteiger partial charge is 0.166 e. The lowest BCUT2D eigenvalue weighted by atomic mass is 10.1. The Morgan fingerprint density at radius 3 is 2.75 bits per heavy atom. The Balaban J connectivity index is 2.62. The second-order valence-electron chi connectivity index (χ2n) is 3.07. The van der Waals surface area contributed by atoms with Crippen LogP contribution in [0.15, 0.2) is 12.2 Å². The van der Waals surface area contributed by atoms with Crippen molar-refractivity contribution in [3.63, 3.8) is 0 Å². The Morgan fingerprint density at radius 2 is 2.25 bits per heavy atom. The van der Waals surface area contributed by atoms with Crippen LogP contribution < -0.4 is 5.32 Å². The SMILES string of the molecule is CNCS(=O)(=O)C1CC=CCC1. The lowest BCUT2D eigenvalue weighted by Crippen LogP contribution is -2.30. The van der Waals surface area contributed by atoms with Crippen molar-refractivity contribution in [1.82, 2.24) is 5.32 Å². The molecule has 0 spiro atoms. The average molecular weight is 189 g/mol. The summed E-state index contributed by atoms with van der Waals surface area (Å²) >= 11 is 0. The molecular formula is C8H15NO2S. The van der Waals surface area contributed by atoms with Crippen LogP contribution in [0.1, 0.15) is 19.3 Å². The van der Waals surface area contributed by atoms with Gasteiger partial charge in [0.05, 0.1) is 11.1 Å². The van der Waals surface area contributed by atoms with Crippen molar-refractivity contribution in [2.24, 2.45) is 0 Å². The fraction of sp³-hybridized carbons (Fsp3) is 0.750. The van der Waals surface area contributed by atoms with Crippen molar-refractivity contribution in [3.05, 3.63) is 12.2 Å². The number of allylic oxidation sites excluding steroid dienone is 2. The third kappa shape index (κ3) is 2.32. The first-order valence-corrected chi connectivity index (χ1v) is 5.89. The highest BCUT2D eigenvalue weighted by molar-refractivity contribution is 7.91. The molecule has 1 unspecified atom stereocenters. The molecule has 0 saturated heterocycles. The Kier molecular flexibility index (Phi) is 3.29. The summed E-state index contributed by atoms with van der Waals surface area (Å²) in [4.78, 5) is 0. The molecule has 1 aliphatic rings. The maximum Gasteiger partial charge on any atom is 0.166 e. The van der Waals surface area contributed by atoms with E-state index < -0.39 is 9.84 Å². The summed E-state index contributed by atoms with van der Waals surface area (Å²) in [5, 5.41) is 2.54. The molecule has 0 bridgehead atoms. The standard InChI is InChI=1S/C8H15NO2S/c1-9-7-12(10,11)8-5-3-2-4-6-8/h2-3,8-9H,4-7H2,1H3. The minimum absolute atomic E-state index is 0.103. The van der Waals surface area contributed by atoms with E-state index in [2.05, 4.69) is 5.32 Å². The van der Waals surface area contributed by atoms with Crippen molar-refractivity contribution in [1.29, 1.82) is 0 Å². The van der Waals surface area contributed by atoms with Crippen LogP contribution in [0.5, 0.6) is 0 Å². The fourth-order valence-corrected chi connectivity index (χ4v) is 2.95. The van der Waals surface area contributed by atoms with E-state index >= 15 is 0 Å². The third-order valence-electron chi connectivity index (χ3n) is 2.07. The van der Waals surface area contributed by atoms with E-state index in [1.165, 1.54) is 0 Å². The van der Waals surface area contributed by atoms with E-state index in [1.54, 1.807) is 7.05 Å². The molecular weight excluding hydrogens is 174 g/mol. The first-order valence-electron chi connectivity index (χ1n) is 4.18. The van der Waals surface area contributed by atoms with Gasteiger partial charge in [-0.25, -0.2) is 8.42 Å². The summed E-state index contributed by atoms with van der Waals surface area (Å²) in [7, 11) is -1.23. The zero-order chi connectivity index (χ0) is 9.03. The normalized spacial score (nSPS) is 24.2. The van der Waals surface area contributed by atoms with E-state index in [0.29, 0.717) is 6.42 Å². The van der Waals surface area contributed by atoms with Gasteiger partial charge in [-0.2, -0.15) is 0 Å². The van der Waals surface area contributed by atoms with Gasteiger partial charge in [-0.3, -0.25) is 0 Å². The Hall–Kier alpha value is -0.350. The van der Waals surface area contributed by atoms with Gasteiger partial charge in [0.25, 0.3) is 0 Å². The van der Waals surface area contributed by atoms with Crippen molar-refractivity contribution in [3.8, 4) is 0 Å². The van der Waals surface area contributed by atoms with Gasteiger partial charge in [-0.1, -0.05) is 12.2 Å². The molecule has 0 aromatic carbocycles. The molecule has 0 aliphatic heterocycles. The number of hydrogen-bond donors (Lipinski definition) is 1. The lowest BCUT2D eigenvalue weighted by Gasteiger charge is -2.17. The van der Waals surface area contributed by atoms with E-state index in [-0.39, 0.29) is 11.1 Å². The second-order valence-corrected chi connectivity index (χ2v) is 5.35. The summed E-state index contributed by atoms with van der Waals surface area (Å²) in [6.07, 6.45) is 6.37. The molecule has 1 N–H and O–H groups in total. The van der Waals surface area contributed by atoms with E-state index in [0.717, 1.165) is 12.8 Å². The molecule has 1 rings (SSSR count). The maximum absolute atomic E-state index is 11.5. The zero-order valence-electron chi connectivity index (χ0n) is 7.29.